The lowest BCUT2D eigenvalue weighted by Gasteiger charge is -2.21. The van der Waals surface area contributed by atoms with Gasteiger partial charge in [-0.1, -0.05) is 6.92 Å². The van der Waals surface area contributed by atoms with Gasteiger partial charge in [-0.05, 0) is 43.4 Å². The number of carbonyl (C=O) groups is 1. The zero-order valence-corrected chi connectivity index (χ0v) is 10.7. The summed E-state index contributed by atoms with van der Waals surface area (Å²) in [5.74, 6) is 0.170. The average molecular weight is 250 g/mol. The molecule has 18 heavy (non-hydrogen) atoms. The Morgan fingerprint density at radius 3 is 2.89 bits per heavy atom. The van der Waals surface area contributed by atoms with Gasteiger partial charge in [-0.25, -0.2) is 4.39 Å². The van der Waals surface area contributed by atoms with Crippen LogP contribution in [0, 0.1) is 11.7 Å². The van der Waals surface area contributed by atoms with Crippen LogP contribution in [0.15, 0.2) is 18.2 Å². The van der Waals surface area contributed by atoms with Crippen LogP contribution in [0.25, 0.3) is 0 Å². The van der Waals surface area contributed by atoms with E-state index in [2.05, 4.69) is 6.92 Å². The SMILES string of the molecule is CC1CCCN(C(=O)c2ccc(F)cc2N)CC1. The molecule has 0 radical (unpaired) electrons. The number of carbonyl (C=O) groups excluding carboxylic acids is 1. The minimum absolute atomic E-state index is 0.0819. The fourth-order valence-corrected chi connectivity index (χ4v) is 2.36. The molecule has 1 aromatic carbocycles. The molecule has 3 nitrogen and oxygen atoms in total. The van der Waals surface area contributed by atoms with Crippen LogP contribution in [0.4, 0.5) is 10.1 Å². The van der Waals surface area contributed by atoms with Crippen molar-refractivity contribution in [3.05, 3.63) is 29.6 Å². The van der Waals surface area contributed by atoms with E-state index in [0.717, 1.165) is 32.4 Å². The molecular formula is C14H19FN2O. The highest BCUT2D eigenvalue weighted by Gasteiger charge is 2.21. The number of rotatable bonds is 1. The molecule has 1 unspecified atom stereocenters. The third-order valence-corrected chi connectivity index (χ3v) is 3.55. The lowest BCUT2D eigenvalue weighted by molar-refractivity contribution is 0.0761. The van der Waals surface area contributed by atoms with Crippen LogP contribution >= 0.6 is 0 Å². The maximum Gasteiger partial charge on any atom is 0.255 e. The summed E-state index contributed by atoms with van der Waals surface area (Å²) in [6, 6.07) is 3.96. The van der Waals surface area contributed by atoms with Gasteiger partial charge in [0.05, 0.1) is 5.56 Å². The van der Waals surface area contributed by atoms with Crippen molar-refractivity contribution in [3.8, 4) is 0 Å². The molecule has 1 aliphatic heterocycles. The van der Waals surface area contributed by atoms with Gasteiger partial charge in [0, 0.05) is 18.8 Å². The Morgan fingerprint density at radius 1 is 1.39 bits per heavy atom. The Morgan fingerprint density at radius 2 is 2.17 bits per heavy atom. The summed E-state index contributed by atoms with van der Waals surface area (Å²) < 4.78 is 13.0. The fraction of sp³-hybridized carbons (Fsp3) is 0.500. The maximum absolute atomic E-state index is 13.0. The standard InChI is InChI=1S/C14H19FN2O/c1-10-3-2-7-17(8-6-10)14(18)12-5-4-11(15)9-13(12)16/h4-5,9-10H,2-3,6-8,16H2,1H3. The first-order valence-electron chi connectivity index (χ1n) is 6.42. The van der Waals surface area contributed by atoms with Gasteiger partial charge < -0.3 is 10.6 Å². The van der Waals surface area contributed by atoms with Gasteiger partial charge in [-0.3, -0.25) is 4.79 Å². The minimum Gasteiger partial charge on any atom is -0.398 e. The number of hydrogen-bond acceptors (Lipinski definition) is 2. The molecule has 1 fully saturated rings. The number of amides is 1. The summed E-state index contributed by atoms with van der Waals surface area (Å²) in [6.45, 7) is 3.73. The van der Waals surface area contributed by atoms with Crippen molar-refractivity contribution in [2.24, 2.45) is 5.92 Å². The summed E-state index contributed by atoms with van der Waals surface area (Å²) in [4.78, 5) is 14.1. The largest absolute Gasteiger partial charge is 0.398 e. The van der Waals surface area contributed by atoms with Crippen molar-refractivity contribution in [2.45, 2.75) is 26.2 Å². The van der Waals surface area contributed by atoms with E-state index < -0.39 is 5.82 Å². The number of halogens is 1. The van der Waals surface area contributed by atoms with Gasteiger partial charge in [0.15, 0.2) is 0 Å². The predicted molar refractivity (Wildman–Crippen MR) is 69.7 cm³/mol. The van der Waals surface area contributed by atoms with Gasteiger partial charge in [0.25, 0.3) is 5.91 Å². The van der Waals surface area contributed by atoms with E-state index in [4.69, 9.17) is 5.73 Å². The van der Waals surface area contributed by atoms with Crippen LogP contribution in [0.5, 0.6) is 0 Å². The normalized spacial score (nSPS) is 20.6. The molecule has 1 aromatic rings. The Balaban J connectivity index is 2.15. The number of hydrogen-bond donors (Lipinski definition) is 1. The first-order chi connectivity index (χ1) is 8.58. The monoisotopic (exact) mass is 250 g/mol. The topological polar surface area (TPSA) is 46.3 Å². The fourth-order valence-electron chi connectivity index (χ4n) is 2.36. The second-order valence-electron chi connectivity index (χ2n) is 5.06. The van der Waals surface area contributed by atoms with E-state index in [1.807, 2.05) is 4.90 Å². The Labute approximate surface area is 107 Å². The molecule has 2 N–H and O–H groups in total. The second kappa shape index (κ2) is 5.38. The second-order valence-corrected chi connectivity index (χ2v) is 5.06. The van der Waals surface area contributed by atoms with E-state index in [1.165, 1.54) is 18.2 Å². The third kappa shape index (κ3) is 2.81. The summed E-state index contributed by atoms with van der Waals surface area (Å²) in [6.07, 6.45) is 3.20. The molecule has 0 bridgehead atoms. The molecule has 0 spiro atoms. The highest BCUT2D eigenvalue weighted by Crippen LogP contribution is 2.21. The van der Waals surface area contributed by atoms with Crippen LogP contribution in [-0.4, -0.2) is 23.9 Å². The Hall–Kier alpha value is -1.58. The molecule has 4 heteroatoms. The molecular weight excluding hydrogens is 231 g/mol. The van der Waals surface area contributed by atoms with E-state index >= 15 is 0 Å². The van der Waals surface area contributed by atoms with Crippen molar-refractivity contribution in [1.29, 1.82) is 0 Å². The molecule has 2 rings (SSSR count). The smallest absolute Gasteiger partial charge is 0.255 e. The molecule has 0 aromatic heterocycles. The minimum atomic E-state index is -0.409. The van der Waals surface area contributed by atoms with E-state index in [1.54, 1.807) is 0 Å². The number of benzene rings is 1. The van der Waals surface area contributed by atoms with Crippen LogP contribution in [-0.2, 0) is 0 Å². The molecule has 1 amide bonds. The summed E-state index contributed by atoms with van der Waals surface area (Å²) in [7, 11) is 0. The summed E-state index contributed by atoms with van der Waals surface area (Å²) in [5, 5.41) is 0. The molecule has 1 saturated heterocycles. The van der Waals surface area contributed by atoms with Crippen LogP contribution in [0.3, 0.4) is 0 Å². The predicted octanol–water partition coefficient (Wildman–Crippen LogP) is 2.67. The van der Waals surface area contributed by atoms with Crippen molar-refractivity contribution in [1.82, 2.24) is 4.90 Å². The van der Waals surface area contributed by atoms with E-state index in [-0.39, 0.29) is 11.6 Å². The number of nitrogens with two attached hydrogens (primary N) is 1. The van der Waals surface area contributed by atoms with Crippen molar-refractivity contribution < 1.29 is 9.18 Å². The number of likely N-dealkylation sites (tertiary alicyclic amines) is 1. The van der Waals surface area contributed by atoms with Gasteiger partial charge in [-0.15, -0.1) is 0 Å². The number of anilines is 1. The number of nitrogen functional groups attached to an aromatic ring is 1. The van der Waals surface area contributed by atoms with Gasteiger partial charge in [0.1, 0.15) is 5.82 Å². The molecule has 1 atom stereocenters. The van der Waals surface area contributed by atoms with Gasteiger partial charge in [0.2, 0.25) is 0 Å². The number of nitrogens with zero attached hydrogens (tertiary/aromatic N) is 1. The molecule has 0 aliphatic carbocycles. The van der Waals surface area contributed by atoms with E-state index in [0.29, 0.717) is 11.5 Å². The Bertz CT molecular complexity index is 447. The molecule has 1 aliphatic rings. The van der Waals surface area contributed by atoms with Gasteiger partial charge in [-0.2, -0.15) is 0 Å². The molecule has 1 heterocycles. The first kappa shape index (κ1) is 12.9. The Kier molecular flexibility index (Phi) is 3.84. The lowest BCUT2D eigenvalue weighted by Crippen LogP contribution is -2.32. The molecule has 98 valence electrons. The zero-order chi connectivity index (χ0) is 13.1. The highest BCUT2D eigenvalue weighted by molar-refractivity contribution is 5.99. The zero-order valence-electron chi connectivity index (χ0n) is 10.7. The van der Waals surface area contributed by atoms with Gasteiger partial charge >= 0.3 is 0 Å². The summed E-state index contributed by atoms with van der Waals surface area (Å²) in [5.41, 5.74) is 6.34. The van der Waals surface area contributed by atoms with Crippen LogP contribution in [0.2, 0.25) is 0 Å². The van der Waals surface area contributed by atoms with Crippen LogP contribution < -0.4 is 5.73 Å². The third-order valence-electron chi connectivity index (χ3n) is 3.55. The quantitative estimate of drug-likeness (QED) is 0.779. The molecule has 0 saturated carbocycles. The summed E-state index contributed by atoms with van der Waals surface area (Å²) >= 11 is 0. The highest BCUT2D eigenvalue weighted by atomic mass is 19.1. The maximum atomic E-state index is 13.0. The first-order valence-corrected chi connectivity index (χ1v) is 6.42. The van der Waals surface area contributed by atoms with E-state index in [9.17, 15) is 9.18 Å². The van der Waals surface area contributed by atoms with Crippen molar-refractivity contribution >= 4 is 11.6 Å². The average Bonchev–Trinajstić information content (AvgIpc) is 2.53. The van der Waals surface area contributed by atoms with Crippen molar-refractivity contribution in [3.63, 3.8) is 0 Å². The van der Waals surface area contributed by atoms with Crippen molar-refractivity contribution in [2.75, 3.05) is 18.8 Å². The van der Waals surface area contributed by atoms with Crippen LogP contribution in [0.1, 0.15) is 36.5 Å². The lowest BCUT2D eigenvalue weighted by atomic mass is 10.0.